The summed E-state index contributed by atoms with van der Waals surface area (Å²) in [7, 11) is 0. The number of para-hydroxylation sites is 1. The van der Waals surface area contributed by atoms with E-state index in [0.717, 1.165) is 34.2 Å². The Morgan fingerprint density at radius 3 is 2.89 bits per heavy atom. The Kier molecular flexibility index (Phi) is 4.59. The number of H-pyrrole nitrogens is 1. The lowest BCUT2D eigenvalue weighted by Crippen LogP contribution is -2.46. The van der Waals surface area contributed by atoms with E-state index in [1.807, 2.05) is 30.5 Å². The molecule has 2 aliphatic heterocycles. The van der Waals surface area contributed by atoms with Crippen LogP contribution in [0.15, 0.2) is 30.5 Å². The number of benzene rings is 1. The average molecular weight is 368 g/mol. The van der Waals surface area contributed by atoms with Crippen molar-refractivity contribution in [2.24, 2.45) is 5.92 Å². The van der Waals surface area contributed by atoms with E-state index in [-0.39, 0.29) is 18.4 Å². The molecule has 0 aliphatic carbocycles. The number of aromatic amines is 1. The maximum atomic E-state index is 12.7. The zero-order valence-electron chi connectivity index (χ0n) is 15.4. The number of amides is 4. The van der Waals surface area contributed by atoms with E-state index in [4.69, 9.17) is 0 Å². The molecule has 4 amide bonds. The van der Waals surface area contributed by atoms with Crippen LogP contribution in [0.25, 0.3) is 10.9 Å². The topological polar surface area (TPSA) is 85.5 Å². The van der Waals surface area contributed by atoms with Gasteiger partial charge in [-0.2, -0.15) is 0 Å². The van der Waals surface area contributed by atoms with Crippen LogP contribution in [0, 0.1) is 5.92 Å². The maximum Gasteiger partial charge on any atom is 0.325 e. The van der Waals surface area contributed by atoms with E-state index in [2.05, 4.69) is 17.2 Å². The number of imide groups is 1. The van der Waals surface area contributed by atoms with Crippen LogP contribution in [0.2, 0.25) is 0 Å². The highest BCUT2D eigenvalue weighted by molar-refractivity contribution is 6.06. The van der Waals surface area contributed by atoms with Crippen LogP contribution in [-0.4, -0.2) is 58.3 Å². The van der Waals surface area contributed by atoms with E-state index < -0.39 is 12.1 Å². The van der Waals surface area contributed by atoms with Gasteiger partial charge in [0, 0.05) is 36.6 Å². The van der Waals surface area contributed by atoms with Crippen LogP contribution in [0.3, 0.4) is 0 Å². The second-order valence-corrected chi connectivity index (χ2v) is 7.58. The fraction of sp³-hybridized carbons (Fsp3) is 0.450. The summed E-state index contributed by atoms with van der Waals surface area (Å²) < 4.78 is 0. The monoisotopic (exact) mass is 368 g/mol. The molecule has 1 aromatic carbocycles. The molecule has 0 unspecified atom stereocenters. The summed E-state index contributed by atoms with van der Waals surface area (Å²) in [6.45, 7) is 3.33. The van der Waals surface area contributed by atoms with Crippen molar-refractivity contribution in [3.05, 3.63) is 36.0 Å². The smallest absolute Gasteiger partial charge is 0.325 e. The van der Waals surface area contributed by atoms with E-state index in [1.165, 1.54) is 0 Å². The minimum Gasteiger partial charge on any atom is -0.361 e. The molecule has 2 aromatic rings. The number of fused-ring (bicyclic) bond motifs is 1. The number of aromatic nitrogens is 1. The van der Waals surface area contributed by atoms with E-state index >= 15 is 0 Å². The lowest BCUT2D eigenvalue weighted by atomic mass is 10.0. The zero-order valence-corrected chi connectivity index (χ0v) is 15.4. The number of rotatable bonds is 4. The Balaban J connectivity index is 1.43. The Labute approximate surface area is 157 Å². The largest absolute Gasteiger partial charge is 0.361 e. The number of urea groups is 1. The number of nitrogens with zero attached hydrogens (tertiary/aromatic N) is 2. The first kappa shape index (κ1) is 17.6. The van der Waals surface area contributed by atoms with Gasteiger partial charge in [0.2, 0.25) is 5.91 Å². The van der Waals surface area contributed by atoms with Gasteiger partial charge in [0.05, 0.1) is 0 Å². The number of piperidine rings is 1. The molecule has 2 saturated heterocycles. The number of likely N-dealkylation sites (tertiary alicyclic amines) is 1. The highest BCUT2D eigenvalue weighted by Crippen LogP contribution is 2.21. The number of hydrogen-bond acceptors (Lipinski definition) is 3. The first-order chi connectivity index (χ1) is 13.0. The van der Waals surface area contributed by atoms with Crippen LogP contribution in [-0.2, 0) is 16.0 Å². The van der Waals surface area contributed by atoms with Crippen molar-refractivity contribution >= 4 is 28.7 Å². The molecule has 142 valence electrons. The van der Waals surface area contributed by atoms with Gasteiger partial charge in [-0.05, 0) is 30.4 Å². The van der Waals surface area contributed by atoms with Crippen molar-refractivity contribution in [3.63, 3.8) is 0 Å². The molecule has 0 radical (unpaired) electrons. The molecular formula is C20H24N4O3. The van der Waals surface area contributed by atoms with Crippen molar-refractivity contribution < 1.29 is 14.4 Å². The molecule has 7 heteroatoms. The Hall–Kier alpha value is -2.83. The minimum absolute atomic E-state index is 0.155. The summed E-state index contributed by atoms with van der Waals surface area (Å²) in [6.07, 6.45) is 4.35. The number of carbonyl (C=O) groups excluding carboxylic acids is 3. The predicted octanol–water partition coefficient (Wildman–Crippen LogP) is 1.89. The molecule has 0 spiro atoms. The fourth-order valence-electron chi connectivity index (χ4n) is 4.04. The fourth-order valence-corrected chi connectivity index (χ4v) is 4.04. The third kappa shape index (κ3) is 3.41. The molecule has 0 bridgehead atoms. The van der Waals surface area contributed by atoms with Gasteiger partial charge in [-0.1, -0.05) is 25.1 Å². The highest BCUT2D eigenvalue weighted by atomic mass is 16.2. The van der Waals surface area contributed by atoms with Crippen LogP contribution < -0.4 is 5.32 Å². The summed E-state index contributed by atoms with van der Waals surface area (Å²) in [4.78, 5) is 43.5. The highest BCUT2D eigenvalue weighted by Gasteiger charge is 2.40. The van der Waals surface area contributed by atoms with Gasteiger partial charge in [0.1, 0.15) is 12.6 Å². The predicted molar refractivity (Wildman–Crippen MR) is 101 cm³/mol. The van der Waals surface area contributed by atoms with Crippen LogP contribution in [0.4, 0.5) is 4.79 Å². The molecule has 0 saturated carbocycles. The summed E-state index contributed by atoms with van der Waals surface area (Å²) in [5.74, 6) is -0.0260. The third-order valence-electron chi connectivity index (χ3n) is 5.51. The molecule has 2 atom stereocenters. The average Bonchev–Trinajstić information content (AvgIpc) is 3.18. The molecular weight excluding hydrogens is 344 g/mol. The van der Waals surface area contributed by atoms with Crippen molar-refractivity contribution in [2.75, 3.05) is 19.6 Å². The van der Waals surface area contributed by atoms with Crippen molar-refractivity contribution in [2.45, 2.75) is 32.2 Å². The summed E-state index contributed by atoms with van der Waals surface area (Å²) >= 11 is 0. The van der Waals surface area contributed by atoms with Gasteiger partial charge in [0.25, 0.3) is 5.91 Å². The van der Waals surface area contributed by atoms with Crippen molar-refractivity contribution in [3.8, 4) is 0 Å². The maximum absolute atomic E-state index is 12.7. The van der Waals surface area contributed by atoms with Crippen molar-refractivity contribution in [1.82, 2.24) is 20.1 Å². The number of nitrogens with one attached hydrogen (secondary N) is 2. The quantitative estimate of drug-likeness (QED) is 0.808. The van der Waals surface area contributed by atoms with Gasteiger partial charge in [-0.15, -0.1) is 0 Å². The molecule has 7 nitrogen and oxygen atoms in total. The standard InChI is InChI=1S/C20H24N4O3/c1-13-5-4-8-23(11-13)18(25)12-24-19(26)17(22-20(24)27)9-14-10-21-16-7-3-2-6-15(14)16/h2-3,6-7,10,13,17,21H,4-5,8-9,11-12H2,1H3,(H,22,27)/t13-,17+/m1/s1. The van der Waals surface area contributed by atoms with Gasteiger partial charge in [0.15, 0.2) is 0 Å². The molecule has 1 aromatic heterocycles. The normalized spacial score (nSPS) is 23.1. The second kappa shape index (κ2) is 7.06. The Morgan fingerprint density at radius 2 is 2.07 bits per heavy atom. The summed E-state index contributed by atoms with van der Waals surface area (Å²) in [6, 6.07) is 6.73. The zero-order chi connectivity index (χ0) is 19.0. The first-order valence-corrected chi connectivity index (χ1v) is 9.47. The van der Waals surface area contributed by atoms with Gasteiger partial charge < -0.3 is 15.2 Å². The van der Waals surface area contributed by atoms with Gasteiger partial charge in [-0.25, -0.2) is 4.79 Å². The van der Waals surface area contributed by atoms with E-state index in [9.17, 15) is 14.4 Å². The molecule has 2 fully saturated rings. The number of carbonyl (C=O) groups is 3. The van der Waals surface area contributed by atoms with Crippen LogP contribution >= 0.6 is 0 Å². The molecule has 3 heterocycles. The minimum atomic E-state index is -0.634. The lowest BCUT2D eigenvalue weighted by Gasteiger charge is -2.31. The molecule has 2 aliphatic rings. The van der Waals surface area contributed by atoms with E-state index in [0.29, 0.717) is 25.4 Å². The summed E-state index contributed by atoms with van der Waals surface area (Å²) in [5.41, 5.74) is 1.97. The molecule has 27 heavy (non-hydrogen) atoms. The SMILES string of the molecule is C[C@@H]1CCCN(C(=O)CN2C(=O)N[C@@H](Cc3c[nH]c4ccccc34)C2=O)C1. The molecule has 4 rings (SSSR count). The molecule has 2 N–H and O–H groups in total. The summed E-state index contributed by atoms with van der Waals surface area (Å²) in [5, 5.41) is 3.76. The van der Waals surface area contributed by atoms with Gasteiger partial charge >= 0.3 is 6.03 Å². The van der Waals surface area contributed by atoms with Crippen molar-refractivity contribution in [1.29, 1.82) is 0 Å². The van der Waals surface area contributed by atoms with Crippen LogP contribution in [0.1, 0.15) is 25.3 Å². The van der Waals surface area contributed by atoms with Gasteiger partial charge in [-0.3, -0.25) is 14.5 Å². The lowest BCUT2D eigenvalue weighted by molar-refractivity contribution is -0.138. The second-order valence-electron chi connectivity index (χ2n) is 7.58. The van der Waals surface area contributed by atoms with Crippen LogP contribution in [0.5, 0.6) is 0 Å². The number of hydrogen-bond donors (Lipinski definition) is 2. The van der Waals surface area contributed by atoms with E-state index in [1.54, 1.807) is 4.90 Å². The Bertz CT molecular complexity index is 890. The third-order valence-corrected chi connectivity index (χ3v) is 5.51. The first-order valence-electron chi connectivity index (χ1n) is 9.47. The Morgan fingerprint density at radius 1 is 1.26 bits per heavy atom.